The van der Waals surface area contributed by atoms with Crippen molar-refractivity contribution < 1.29 is 4.79 Å². The zero-order valence-corrected chi connectivity index (χ0v) is 12.1. The summed E-state index contributed by atoms with van der Waals surface area (Å²) in [5.74, 6) is 2.03. The minimum atomic E-state index is -0.575. The van der Waals surface area contributed by atoms with Gasteiger partial charge in [0.2, 0.25) is 5.91 Å². The second-order valence-electron chi connectivity index (χ2n) is 7.01. The molecule has 0 radical (unpaired) electrons. The van der Waals surface area contributed by atoms with Gasteiger partial charge in [-0.2, -0.15) is 0 Å². The maximum Gasteiger partial charge on any atom is 0.242 e. The molecule has 0 spiro atoms. The van der Waals surface area contributed by atoms with Gasteiger partial charge in [0.1, 0.15) is 0 Å². The standard InChI is InChI=1S/C15H28N2O/c1-11-5-4-6-15(16,8-11)14(18)17-9-12(2)7-13(3)10-17/h11-13H,4-10,16H2,1-3H3. The lowest BCUT2D eigenvalue weighted by Crippen LogP contribution is -2.59. The molecule has 0 bridgehead atoms. The van der Waals surface area contributed by atoms with E-state index in [1.54, 1.807) is 0 Å². The molecule has 0 aromatic heterocycles. The Morgan fingerprint density at radius 3 is 2.33 bits per heavy atom. The predicted molar refractivity (Wildman–Crippen MR) is 74.1 cm³/mol. The second-order valence-corrected chi connectivity index (χ2v) is 7.01. The average molecular weight is 252 g/mol. The van der Waals surface area contributed by atoms with Crippen LogP contribution >= 0.6 is 0 Å². The van der Waals surface area contributed by atoms with Gasteiger partial charge < -0.3 is 10.6 Å². The van der Waals surface area contributed by atoms with Gasteiger partial charge >= 0.3 is 0 Å². The van der Waals surface area contributed by atoms with E-state index in [4.69, 9.17) is 5.73 Å². The molecule has 3 heteroatoms. The zero-order valence-electron chi connectivity index (χ0n) is 12.1. The summed E-state index contributed by atoms with van der Waals surface area (Å²) in [4.78, 5) is 14.8. The van der Waals surface area contributed by atoms with Gasteiger partial charge in [-0.1, -0.05) is 33.6 Å². The lowest BCUT2D eigenvalue weighted by atomic mass is 9.75. The van der Waals surface area contributed by atoms with Crippen LogP contribution in [-0.2, 0) is 4.79 Å². The van der Waals surface area contributed by atoms with E-state index >= 15 is 0 Å². The smallest absolute Gasteiger partial charge is 0.242 e. The molecule has 18 heavy (non-hydrogen) atoms. The Labute approximate surface area is 111 Å². The highest BCUT2D eigenvalue weighted by atomic mass is 16.2. The summed E-state index contributed by atoms with van der Waals surface area (Å²) in [6.07, 6.45) is 5.29. The van der Waals surface area contributed by atoms with E-state index in [0.29, 0.717) is 17.8 Å². The molecular weight excluding hydrogens is 224 g/mol. The molecular formula is C15H28N2O. The fourth-order valence-corrected chi connectivity index (χ4v) is 3.93. The highest BCUT2D eigenvalue weighted by Gasteiger charge is 2.41. The Morgan fingerprint density at radius 1 is 1.17 bits per heavy atom. The van der Waals surface area contributed by atoms with Crippen molar-refractivity contribution in [3.8, 4) is 0 Å². The summed E-state index contributed by atoms with van der Waals surface area (Å²) < 4.78 is 0. The Balaban J connectivity index is 2.05. The molecule has 2 fully saturated rings. The van der Waals surface area contributed by atoms with E-state index in [1.165, 1.54) is 12.8 Å². The van der Waals surface area contributed by atoms with Crippen molar-refractivity contribution in [1.82, 2.24) is 4.90 Å². The maximum atomic E-state index is 12.7. The van der Waals surface area contributed by atoms with Gasteiger partial charge in [-0.3, -0.25) is 4.79 Å². The zero-order chi connectivity index (χ0) is 13.3. The quantitative estimate of drug-likeness (QED) is 0.779. The molecule has 2 rings (SSSR count). The number of carbonyl (C=O) groups excluding carboxylic acids is 1. The van der Waals surface area contributed by atoms with Crippen LogP contribution in [0.3, 0.4) is 0 Å². The lowest BCUT2D eigenvalue weighted by molar-refractivity contribution is -0.141. The monoisotopic (exact) mass is 252 g/mol. The molecule has 4 unspecified atom stereocenters. The molecule has 2 aliphatic rings. The molecule has 104 valence electrons. The first-order valence-electron chi connectivity index (χ1n) is 7.49. The van der Waals surface area contributed by atoms with Crippen LogP contribution in [0.4, 0.5) is 0 Å². The molecule has 0 aromatic carbocycles. The fraction of sp³-hybridized carbons (Fsp3) is 0.933. The third-order valence-electron chi connectivity index (χ3n) is 4.61. The molecule has 0 aromatic rings. The maximum absolute atomic E-state index is 12.7. The third-order valence-corrected chi connectivity index (χ3v) is 4.61. The van der Waals surface area contributed by atoms with Crippen LogP contribution < -0.4 is 5.73 Å². The van der Waals surface area contributed by atoms with Crippen LogP contribution in [-0.4, -0.2) is 29.4 Å². The minimum Gasteiger partial charge on any atom is -0.341 e. The number of piperidine rings is 1. The van der Waals surface area contributed by atoms with Crippen molar-refractivity contribution in [3.05, 3.63) is 0 Å². The first-order valence-corrected chi connectivity index (χ1v) is 7.49. The van der Waals surface area contributed by atoms with Gasteiger partial charge in [0.25, 0.3) is 0 Å². The number of hydrogen-bond acceptors (Lipinski definition) is 2. The van der Waals surface area contributed by atoms with E-state index in [-0.39, 0.29) is 5.91 Å². The van der Waals surface area contributed by atoms with Gasteiger partial charge in [0, 0.05) is 13.1 Å². The van der Waals surface area contributed by atoms with Crippen LogP contribution in [0.2, 0.25) is 0 Å². The Bertz CT molecular complexity index is 308. The first kappa shape index (κ1) is 13.9. The van der Waals surface area contributed by atoms with Crippen LogP contribution in [0.25, 0.3) is 0 Å². The van der Waals surface area contributed by atoms with Crippen molar-refractivity contribution in [1.29, 1.82) is 0 Å². The summed E-state index contributed by atoms with van der Waals surface area (Å²) in [6.45, 7) is 8.49. The normalized spacial score (nSPS) is 41.8. The summed E-state index contributed by atoms with van der Waals surface area (Å²) in [7, 11) is 0. The minimum absolute atomic E-state index is 0.215. The number of rotatable bonds is 1. The van der Waals surface area contributed by atoms with Crippen LogP contribution in [0, 0.1) is 17.8 Å². The number of likely N-dealkylation sites (tertiary alicyclic amines) is 1. The fourth-order valence-electron chi connectivity index (χ4n) is 3.93. The van der Waals surface area contributed by atoms with Crippen molar-refractivity contribution >= 4 is 5.91 Å². The molecule has 1 aliphatic carbocycles. The molecule has 1 aliphatic heterocycles. The third kappa shape index (κ3) is 2.87. The molecule has 2 N–H and O–H groups in total. The summed E-state index contributed by atoms with van der Waals surface area (Å²) in [5.41, 5.74) is 5.85. The largest absolute Gasteiger partial charge is 0.341 e. The summed E-state index contributed by atoms with van der Waals surface area (Å²) >= 11 is 0. The van der Waals surface area contributed by atoms with Crippen LogP contribution in [0.5, 0.6) is 0 Å². The molecule has 3 nitrogen and oxygen atoms in total. The van der Waals surface area contributed by atoms with Gasteiger partial charge in [-0.15, -0.1) is 0 Å². The average Bonchev–Trinajstić information content (AvgIpc) is 2.26. The lowest BCUT2D eigenvalue weighted by Gasteiger charge is -2.43. The molecule has 1 amide bonds. The van der Waals surface area contributed by atoms with E-state index in [0.717, 1.165) is 32.4 Å². The number of nitrogens with two attached hydrogens (primary N) is 1. The first-order chi connectivity index (χ1) is 8.40. The van der Waals surface area contributed by atoms with Gasteiger partial charge in [0.15, 0.2) is 0 Å². The van der Waals surface area contributed by atoms with Crippen LogP contribution in [0.15, 0.2) is 0 Å². The Kier molecular flexibility index (Phi) is 4.00. The highest BCUT2D eigenvalue weighted by molar-refractivity contribution is 5.86. The molecule has 4 atom stereocenters. The van der Waals surface area contributed by atoms with E-state index in [1.807, 2.05) is 4.90 Å². The number of carbonyl (C=O) groups is 1. The van der Waals surface area contributed by atoms with E-state index in [9.17, 15) is 4.79 Å². The van der Waals surface area contributed by atoms with Crippen molar-refractivity contribution in [2.24, 2.45) is 23.5 Å². The van der Waals surface area contributed by atoms with Crippen molar-refractivity contribution in [2.45, 2.75) is 58.4 Å². The highest BCUT2D eigenvalue weighted by Crippen LogP contribution is 2.33. The molecule has 1 saturated carbocycles. The summed E-state index contributed by atoms with van der Waals surface area (Å²) in [6, 6.07) is 0. The number of hydrogen-bond donors (Lipinski definition) is 1. The van der Waals surface area contributed by atoms with Crippen molar-refractivity contribution in [3.63, 3.8) is 0 Å². The molecule has 1 saturated heterocycles. The SMILES string of the molecule is CC1CC(C)CN(C(=O)C2(N)CCCC(C)C2)C1. The van der Waals surface area contributed by atoms with E-state index < -0.39 is 5.54 Å². The van der Waals surface area contributed by atoms with Crippen LogP contribution in [0.1, 0.15) is 52.9 Å². The second kappa shape index (κ2) is 5.20. The van der Waals surface area contributed by atoms with Gasteiger partial charge in [-0.05, 0) is 37.0 Å². The van der Waals surface area contributed by atoms with Gasteiger partial charge in [0.05, 0.1) is 5.54 Å². The number of nitrogens with zero attached hydrogens (tertiary/aromatic N) is 1. The predicted octanol–water partition coefficient (Wildman–Crippen LogP) is 2.40. The van der Waals surface area contributed by atoms with Gasteiger partial charge in [-0.25, -0.2) is 0 Å². The number of amides is 1. The topological polar surface area (TPSA) is 46.3 Å². The Hall–Kier alpha value is -0.570. The molecule has 1 heterocycles. The summed E-state index contributed by atoms with van der Waals surface area (Å²) in [5, 5.41) is 0. The van der Waals surface area contributed by atoms with Crippen molar-refractivity contribution in [2.75, 3.05) is 13.1 Å². The van der Waals surface area contributed by atoms with E-state index in [2.05, 4.69) is 20.8 Å². The Morgan fingerprint density at radius 2 is 1.78 bits per heavy atom.